The average molecular weight is 697 g/mol. The number of nitrogens with one attached hydrogen (secondary N) is 1. The number of benzene rings is 4. The molecule has 11 heteroatoms. The van der Waals surface area contributed by atoms with Crippen LogP contribution in [0, 0.1) is 6.92 Å². The normalized spacial score (nSPS) is 12.6. The van der Waals surface area contributed by atoms with Gasteiger partial charge in [0.05, 0.1) is 10.6 Å². The summed E-state index contributed by atoms with van der Waals surface area (Å²) in [6.45, 7) is 6.78. The Morgan fingerprint density at radius 3 is 1.98 bits per heavy atom. The van der Waals surface area contributed by atoms with E-state index in [0.717, 1.165) is 9.87 Å². The number of amides is 2. The molecule has 0 aliphatic heterocycles. The van der Waals surface area contributed by atoms with E-state index in [2.05, 4.69) is 5.32 Å². The van der Waals surface area contributed by atoms with Gasteiger partial charge in [0.25, 0.3) is 10.0 Å². The fraction of sp³-hybridized carbons (Fsp3) is 0.278. The van der Waals surface area contributed by atoms with Crippen molar-refractivity contribution in [1.82, 2.24) is 10.2 Å². The first kappa shape index (κ1) is 35.8. The number of carbonyl (C=O) groups is 2. The lowest BCUT2D eigenvalue weighted by Gasteiger charge is -2.34. The highest BCUT2D eigenvalue weighted by Crippen LogP contribution is 2.30. The summed E-state index contributed by atoms with van der Waals surface area (Å²) in [5, 5.41) is 3.61. The van der Waals surface area contributed by atoms with Crippen LogP contribution in [0.2, 0.25) is 10.0 Å². The second kappa shape index (κ2) is 16.2. The molecule has 0 saturated carbocycles. The Labute approximate surface area is 287 Å². The first-order valence-electron chi connectivity index (χ1n) is 15.4. The van der Waals surface area contributed by atoms with Crippen molar-refractivity contribution in [2.75, 3.05) is 10.8 Å². The van der Waals surface area contributed by atoms with Gasteiger partial charge >= 0.3 is 0 Å². The molecule has 0 radical (unpaired) electrons. The summed E-state index contributed by atoms with van der Waals surface area (Å²) in [7, 11) is -4.24. The van der Waals surface area contributed by atoms with E-state index in [4.69, 9.17) is 27.9 Å². The van der Waals surface area contributed by atoms with Gasteiger partial charge in [-0.15, -0.1) is 0 Å². The molecule has 4 rings (SSSR count). The van der Waals surface area contributed by atoms with E-state index < -0.39 is 28.5 Å². The van der Waals surface area contributed by atoms with Crippen LogP contribution < -0.4 is 14.4 Å². The lowest BCUT2D eigenvalue weighted by atomic mass is 10.1. The van der Waals surface area contributed by atoms with E-state index in [1.165, 1.54) is 17.0 Å². The Bertz CT molecular complexity index is 1750. The number of anilines is 1. The molecule has 2 atom stereocenters. The molecule has 0 fully saturated rings. The number of hydrogen-bond acceptors (Lipinski definition) is 5. The fourth-order valence-electron chi connectivity index (χ4n) is 4.89. The molecule has 0 aromatic heterocycles. The molecule has 248 valence electrons. The highest BCUT2D eigenvalue weighted by atomic mass is 35.5. The number of nitrogens with zero attached hydrogens (tertiary/aromatic N) is 2. The first-order valence-corrected chi connectivity index (χ1v) is 17.6. The van der Waals surface area contributed by atoms with Gasteiger partial charge in [-0.05, 0) is 87.4 Å². The number of ether oxygens (including phenoxy) is 1. The lowest BCUT2D eigenvalue weighted by Crippen LogP contribution is -2.53. The summed E-state index contributed by atoms with van der Waals surface area (Å²) < 4.78 is 35.4. The van der Waals surface area contributed by atoms with E-state index in [1.54, 1.807) is 61.5 Å². The van der Waals surface area contributed by atoms with Gasteiger partial charge in [0.2, 0.25) is 11.8 Å². The fourth-order valence-corrected chi connectivity index (χ4v) is 6.82. The van der Waals surface area contributed by atoms with Gasteiger partial charge in [0.15, 0.2) is 0 Å². The SMILES string of the molecule is CC[C@@H](C)NC(=O)[C@H](CC)N(Cc1c(Cl)cccc1Cl)C(=O)CN(c1ccc(Oc2ccccc2)cc1)S(=O)(=O)c1ccc(C)cc1. The number of hydrogen-bond donors (Lipinski definition) is 1. The molecule has 0 aliphatic carbocycles. The Balaban J connectivity index is 1.76. The predicted molar refractivity (Wildman–Crippen MR) is 188 cm³/mol. The van der Waals surface area contributed by atoms with Crippen molar-refractivity contribution in [3.05, 3.63) is 118 Å². The van der Waals surface area contributed by atoms with Crippen molar-refractivity contribution < 1.29 is 22.7 Å². The number of rotatable bonds is 14. The topological polar surface area (TPSA) is 96.0 Å². The Morgan fingerprint density at radius 2 is 1.40 bits per heavy atom. The van der Waals surface area contributed by atoms with Crippen molar-refractivity contribution >= 4 is 50.7 Å². The number of carbonyl (C=O) groups excluding carboxylic acids is 2. The molecule has 0 aliphatic rings. The molecule has 0 heterocycles. The van der Waals surface area contributed by atoms with Crippen molar-refractivity contribution in [3.63, 3.8) is 0 Å². The smallest absolute Gasteiger partial charge is 0.264 e. The molecule has 0 unspecified atom stereocenters. The molecular weight excluding hydrogens is 657 g/mol. The van der Waals surface area contributed by atoms with E-state index in [1.807, 2.05) is 51.1 Å². The van der Waals surface area contributed by atoms with E-state index in [9.17, 15) is 18.0 Å². The largest absolute Gasteiger partial charge is 0.457 e. The second-order valence-electron chi connectivity index (χ2n) is 11.2. The number of halogens is 2. The minimum atomic E-state index is -4.24. The number of aryl methyl sites for hydroxylation is 1. The molecule has 4 aromatic rings. The van der Waals surface area contributed by atoms with Crippen molar-refractivity contribution in [3.8, 4) is 11.5 Å². The van der Waals surface area contributed by atoms with E-state index in [0.29, 0.717) is 33.5 Å². The van der Waals surface area contributed by atoms with E-state index in [-0.39, 0.29) is 35.5 Å². The average Bonchev–Trinajstić information content (AvgIpc) is 3.05. The molecule has 1 N–H and O–H groups in total. The summed E-state index contributed by atoms with van der Waals surface area (Å²) in [5.41, 5.74) is 1.58. The van der Waals surface area contributed by atoms with Crippen LogP contribution in [0.1, 0.15) is 44.7 Å². The van der Waals surface area contributed by atoms with Gasteiger partial charge in [-0.1, -0.05) is 79.0 Å². The zero-order valence-electron chi connectivity index (χ0n) is 26.8. The molecule has 4 aromatic carbocycles. The lowest BCUT2D eigenvalue weighted by molar-refractivity contribution is -0.140. The van der Waals surface area contributed by atoms with Crippen molar-refractivity contribution in [2.24, 2.45) is 0 Å². The standard InChI is InChI=1S/C36H39Cl2N3O5S/c1-5-26(4)39-36(43)34(6-2)40(23-31-32(37)13-10-14-33(31)38)35(42)24-41(47(44,45)30-21-15-25(3)16-22-30)27-17-19-29(20-18-27)46-28-11-8-7-9-12-28/h7-22,26,34H,5-6,23-24H2,1-4H3,(H,39,43)/t26-,34+/m1/s1. The quantitative estimate of drug-likeness (QED) is 0.144. The van der Waals surface area contributed by atoms with Gasteiger partial charge in [-0.3, -0.25) is 13.9 Å². The summed E-state index contributed by atoms with van der Waals surface area (Å²) in [5.74, 6) is 0.151. The molecule has 0 spiro atoms. The summed E-state index contributed by atoms with van der Waals surface area (Å²) >= 11 is 13.0. The maximum atomic E-state index is 14.4. The maximum absolute atomic E-state index is 14.4. The molecule has 0 saturated heterocycles. The molecular formula is C36H39Cl2N3O5S. The molecule has 2 amide bonds. The van der Waals surface area contributed by atoms with Crippen LogP contribution in [0.5, 0.6) is 11.5 Å². The van der Waals surface area contributed by atoms with Gasteiger partial charge in [0, 0.05) is 28.2 Å². The third-order valence-electron chi connectivity index (χ3n) is 7.77. The zero-order valence-corrected chi connectivity index (χ0v) is 29.1. The Kier molecular flexibility index (Phi) is 12.3. The third-order valence-corrected chi connectivity index (χ3v) is 10.3. The van der Waals surface area contributed by atoms with Gasteiger partial charge in [-0.2, -0.15) is 0 Å². The zero-order chi connectivity index (χ0) is 34.1. The highest BCUT2D eigenvalue weighted by molar-refractivity contribution is 7.92. The van der Waals surface area contributed by atoms with E-state index >= 15 is 0 Å². The third kappa shape index (κ3) is 9.06. The minimum Gasteiger partial charge on any atom is -0.457 e. The summed E-state index contributed by atoms with van der Waals surface area (Å²) in [4.78, 5) is 29.3. The predicted octanol–water partition coefficient (Wildman–Crippen LogP) is 8.01. The van der Waals surface area contributed by atoms with Gasteiger partial charge in [0.1, 0.15) is 24.1 Å². The van der Waals surface area contributed by atoms with Crippen LogP contribution in [-0.2, 0) is 26.2 Å². The van der Waals surface area contributed by atoms with Crippen LogP contribution >= 0.6 is 23.2 Å². The summed E-state index contributed by atoms with van der Waals surface area (Å²) in [6, 6.07) is 26.0. The van der Waals surface area contributed by atoms with Crippen LogP contribution in [-0.4, -0.2) is 43.8 Å². The van der Waals surface area contributed by atoms with Crippen LogP contribution in [0.25, 0.3) is 0 Å². The van der Waals surface area contributed by atoms with Crippen LogP contribution in [0.4, 0.5) is 5.69 Å². The highest BCUT2D eigenvalue weighted by Gasteiger charge is 2.34. The Hall–Kier alpha value is -4.05. The summed E-state index contributed by atoms with van der Waals surface area (Å²) in [6.07, 6.45) is 0.964. The van der Waals surface area contributed by atoms with Crippen LogP contribution in [0.15, 0.2) is 102 Å². The first-order chi connectivity index (χ1) is 22.4. The van der Waals surface area contributed by atoms with Crippen molar-refractivity contribution in [2.45, 2.75) is 64.1 Å². The Morgan fingerprint density at radius 1 is 0.809 bits per heavy atom. The molecule has 8 nitrogen and oxygen atoms in total. The molecule has 0 bridgehead atoms. The van der Waals surface area contributed by atoms with Gasteiger partial charge in [-0.25, -0.2) is 8.42 Å². The monoisotopic (exact) mass is 695 g/mol. The van der Waals surface area contributed by atoms with Crippen molar-refractivity contribution in [1.29, 1.82) is 0 Å². The maximum Gasteiger partial charge on any atom is 0.264 e. The second-order valence-corrected chi connectivity index (χ2v) is 13.9. The number of para-hydroxylation sites is 1. The number of sulfonamides is 1. The minimum absolute atomic E-state index is 0.0164. The van der Waals surface area contributed by atoms with Crippen LogP contribution in [0.3, 0.4) is 0 Å². The van der Waals surface area contributed by atoms with Gasteiger partial charge < -0.3 is 15.0 Å². The molecule has 47 heavy (non-hydrogen) atoms.